The summed E-state index contributed by atoms with van der Waals surface area (Å²) >= 11 is 6.07. The average molecular weight is 325 g/mol. The number of benzene rings is 2. The second-order valence-electron chi connectivity index (χ2n) is 4.80. The summed E-state index contributed by atoms with van der Waals surface area (Å²) in [4.78, 5) is 0. The van der Waals surface area contributed by atoms with Crippen molar-refractivity contribution in [1.29, 1.82) is 0 Å². The second kappa shape index (κ2) is 6.04. The summed E-state index contributed by atoms with van der Waals surface area (Å²) in [6, 6.07) is 10.8. The van der Waals surface area contributed by atoms with E-state index < -0.39 is 17.3 Å². The highest BCUT2D eigenvalue weighted by Crippen LogP contribution is 2.39. The molecule has 0 aromatic heterocycles. The minimum atomic E-state index is -4.51. The topological polar surface area (TPSA) is 20.2 Å². The molecule has 2 rings (SSSR count). The molecule has 1 nitrogen and oxygen atoms in total. The van der Waals surface area contributed by atoms with E-state index in [1.165, 1.54) is 12.1 Å². The number of terminal acetylenes is 1. The van der Waals surface area contributed by atoms with Gasteiger partial charge in [0.25, 0.3) is 0 Å². The van der Waals surface area contributed by atoms with Crippen LogP contribution in [0.15, 0.2) is 48.5 Å². The van der Waals surface area contributed by atoms with E-state index in [1.807, 2.05) is 0 Å². The quantitative estimate of drug-likeness (QED) is 0.817. The molecule has 0 bridgehead atoms. The molecule has 0 aliphatic rings. The van der Waals surface area contributed by atoms with Gasteiger partial charge < -0.3 is 5.11 Å². The molecule has 2 aromatic carbocycles. The Morgan fingerprint density at radius 3 is 2.27 bits per heavy atom. The molecule has 1 atom stereocenters. The number of halogens is 4. The first-order valence-electron chi connectivity index (χ1n) is 6.37. The van der Waals surface area contributed by atoms with Gasteiger partial charge in [0.1, 0.15) is 5.60 Å². The van der Waals surface area contributed by atoms with E-state index in [9.17, 15) is 18.3 Å². The SMILES string of the molecule is C#CCC(O)(c1cccc(C(F)(F)F)c1)c1ccccc1Cl. The Labute approximate surface area is 131 Å². The van der Waals surface area contributed by atoms with E-state index in [0.29, 0.717) is 0 Å². The van der Waals surface area contributed by atoms with Gasteiger partial charge in [0, 0.05) is 17.0 Å². The van der Waals surface area contributed by atoms with Crippen LogP contribution in [0, 0.1) is 12.3 Å². The maximum atomic E-state index is 12.9. The first kappa shape index (κ1) is 16.4. The largest absolute Gasteiger partial charge is 0.416 e. The van der Waals surface area contributed by atoms with Gasteiger partial charge in [-0.3, -0.25) is 0 Å². The van der Waals surface area contributed by atoms with Crippen molar-refractivity contribution in [1.82, 2.24) is 0 Å². The van der Waals surface area contributed by atoms with Crippen LogP contribution in [0.3, 0.4) is 0 Å². The van der Waals surface area contributed by atoms with Gasteiger partial charge in [-0.2, -0.15) is 13.2 Å². The Balaban J connectivity index is 2.63. The van der Waals surface area contributed by atoms with Crippen LogP contribution in [0.1, 0.15) is 23.1 Å². The van der Waals surface area contributed by atoms with Gasteiger partial charge in [-0.05, 0) is 23.8 Å². The van der Waals surface area contributed by atoms with E-state index in [0.717, 1.165) is 12.1 Å². The van der Waals surface area contributed by atoms with Crippen LogP contribution in [0.4, 0.5) is 13.2 Å². The summed E-state index contributed by atoms with van der Waals surface area (Å²) in [7, 11) is 0. The molecule has 0 amide bonds. The minimum Gasteiger partial charge on any atom is -0.379 e. The lowest BCUT2D eigenvalue weighted by Crippen LogP contribution is -2.27. The van der Waals surface area contributed by atoms with Crippen molar-refractivity contribution < 1.29 is 18.3 Å². The molecule has 0 saturated heterocycles. The number of aliphatic hydroxyl groups is 1. The molecular formula is C17H12ClF3O. The highest BCUT2D eigenvalue weighted by Gasteiger charge is 2.36. The molecule has 0 aliphatic heterocycles. The molecular weight excluding hydrogens is 313 g/mol. The van der Waals surface area contributed by atoms with Crippen molar-refractivity contribution in [2.45, 2.75) is 18.2 Å². The third-order valence-corrected chi connectivity index (χ3v) is 3.67. The van der Waals surface area contributed by atoms with E-state index in [4.69, 9.17) is 18.0 Å². The monoisotopic (exact) mass is 324 g/mol. The fourth-order valence-electron chi connectivity index (χ4n) is 2.25. The predicted octanol–water partition coefficient (Wildman–Crippen LogP) is 4.62. The Morgan fingerprint density at radius 1 is 1.05 bits per heavy atom. The lowest BCUT2D eigenvalue weighted by molar-refractivity contribution is -0.137. The molecule has 114 valence electrons. The Hall–Kier alpha value is -1.96. The molecule has 1 unspecified atom stereocenters. The van der Waals surface area contributed by atoms with E-state index in [2.05, 4.69) is 5.92 Å². The summed E-state index contributed by atoms with van der Waals surface area (Å²) in [5, 5.41) is 11.2. The zero-order valence-electron chi connectivity index (χ0n) is 11.4. The van der Waals surface area contributed by atoms with Crippen molar-refractivity contribution in [3.8, 4) is 12.3 Å². The standard InChI is InChI=1S/C17H12ClF3O/c1-2-10-16(22,14-8-3-4-9-15(14)18)12-6-5-7-13(11-12)17(19,20)21/h1,3-9,11,22H,10H2. The summed E-state index contributed by atoms with van der Waals surface area (Å²) in [5.74, 6) is 2.30. The Morgan fingerprint density at radius 2 is 1.68 bits per heavy atom. The fourth-order valence-corrected chi connectivity index (χ4v) is 2.54. The third-order valence-electron chi connectivity index (χ3n) is 3.34. The van der Waals surface area contributed by atoms with Crippen LogP contribution in [-0.2, 0) is 11.8 Å². The lowest BCUT2D eigenvalue weighted by atomic mass is 9.83. The average Bonchev–Trinajstić information content (AvgIpc) is 2.47. The lowest BCUT2D eigenvalue weighted by Gasteiger charge is -2.29. The van der Waals surface area contributed by atoms with Gasteiger partial charge in [0.2, 0.25) is 0 Å². The normalized spacial score (nSPS) is 14.2. The maximum absolute atomic E-state index is 12.9. The number of alkyl halides is 3. The summed E-state index contributed by atoms with van der Waals surface area (Å²) < 4.78 is 38.6. The molecule has 0 heterocycles. The molecule has 0 fully saturated rings. The van der Waals surface area contributed by atoms with Crippen molar-refractivity contribution in [3.63, 3.8) is 0 Å². The second-order valence-corrected chi connectivity index (χ2v) is 5.21. The van der Waals surface area contributed by atoms with Crippen LogP contribution in [0.2, 0.25) is 5.02 Å². The maximum Gasteiger partial charge on any atom is 0.416 e. The highest BCUT2D eigenvalue weighted by atomic mass is 35.5. The van der Waals surface area contributed by atoms with Gasteiger partial charge in [-0.25, -0.2) is 0 Å². The highest BCUT2D eigenvalue weighted by molar-refractivity contribution is 6.31. The van der Waals surface area contributed by atoms with Crippen LogP contribution >= 0.6 is 11.6 Å². The molecule has 0 radical (unpaired) electrons. The number of hydrogen-bond donors (Lipinski definition) is 1. The van der Waals surface area contributed by atoms with Crippen molar-refractivity contribution in [2.75, 3.05) is 0 Å². The fraction of sp³-hybridized carbons (Fsp3) is 0.176. The predicted molar refractivity (Wildman–Crippen MR) is 79.3 cm³/mol. The molecule has 5 heteroatoms. The van der Waals surface area contributed by atoms with E-state index in [-0.39, 0.29) is 22.6 Å². The van der Waals surface area contributed by atoms with Gasteiger partial charge in [-0.15, -0.1) is 12.3 Å². The van der Waals surface area contributed by atoms with Crippen LogP contribution < -0.4 is 0 Å². The third kappa shape index (κ3) is 3.11. The van der Waals surface area contributed by atoms with E-state index >= 15 is 0 Å². The zero-order chi connectivity index (χ0) is 16.4. The van der Waals surface area contributed by atoms with Crippen molar-refractivity contribution >= 4 is 11.6 Å². The van der Waals surface area contributed by atoms with Gasteiger partial charge in [0.05, 0.1) is 5.56 Å². The summed E-state index contributed by atoms with van der Waals surface area (Å²) in [6.07, 6.45) is 0.585. The first-order chi connectivity index (χ1) is 10.3. The van der Waals surface area contributed by atoms with Gasteiger partial charge in [-0.1, -0.05) is 41.9 Å². The van der Waals surface area contributed by atoms with Crippen LogP contribution in [0.25, 0.3) is 0 Å². The first-order valence-corrected chi connectivity index (χ1v) is 6.75. The van der Waals surface area contributed by atoms with Crippen molar-refractivity contribution in [3.05, 3.63) is 70.2 Å². The molecule has 0 spiro atoms. The minimum absolute atomic E-state index is 0.0494. The molecule has 0 saturated carbocycles. The number of rotatable bonds is 3. The van der Waals surface area contributed by atoms with Gasteiger partial charge in [0.15, 0.2) is 0 Å². The zero-order valence-corrected chi connectivity index (χ0v) is 12.1. The molecule has 0 aliphatic carbocycles. The smallest absolute Gasteiger partial charge is 0.379 e. The van der Waals surface area contributed by atoms with Gasteiger partial charge >= 0.3 is 6.18 Å². The molecule has 22 heavy (non-hydrogen) atoms. The van der Waals surface area contributed by atoms with E-state index in [1.54, 1.807) is 24.3 Å². The molecule has 2 aromatic rings. The van der Waals surface area contributed by atoms with Crippen LogP contribution in [0.5, 0.6) is 0 Å². The van der Waals surface area contributed by atoms with Crippen molar-refractivity contribution in [2.24, 2.45) is 0 Å². The van der Waals surface area contributed by atoms with Crippen LogP contribution in [-0.4, -0.2) is 5.11 Å². The number of hydrogen-bond acceptors (Lipinski definition) is 1. The molecule has 1 N–H and O–H groups in total. The summed E-state index contributed by atoms with van der Waals surface area (Å²) in [6.45, 7) is 0. The Kier molecular flexibility index (Phi) is 4.50. The Bertz CT molecular complexity index is 718. The summed E-state index contributed by atoms with van der Waals surface area (Å²) in [5.41, 5.74) is -2.32.